The van der Waals surface area contributed by atoms with Gasteiger partial charge in [-0.05, 0) is 65.8 Å². The van der Waals surface area contributed by atoms with Crippen LogP contribution in [0.2, 0.25) is 10.0 Å². The van der Waals surface area contributed by atoms with Crippen LogP contribution in [0, 0.1) is 17.3 Å². The summed E-state index contributed by atoms with van der Waals surface area (Å²) in [6.45, 7) is 11.3. The van der Waals surface area contributed by atoms with Crippen LogP contribution in [-0.2, 0) is 42.6 Å². The fourth-order valence-corrected chi connectivity index (χ4v) is 9.51. The summed E-state index contributed by atoms with van der Waals surface area (Å²) in [5, 5.41) is 19.8. The quantitative estimate of drug-likeness (QED) is 0.165. The molecule has 1 amide bonds. The monoisotopic (exact) mass is 802 g/mol. The zero-order valence-electron chi connectivity index (χ0n) is 31.8. The fourth-order valence-electron chi connectivity index (χ4n) is 8.44. The van der Waals surface area contributed by atoms with E-state index in [1.54, 1.807) is 4.90 Å². The fraction of sp³-hybridized carbons (Fsp3) is 0.429. The highest BCUT2D eigenvalue weighted by Crippen LogP contribution is 2.50. The molecule has 3 aliphatic heterocycles. The normalized spacial score (nSPS) is 20.0. The molecule has 13 heteroatoms. The van der Waals surface area contributed by atoms with Crippen LogP contribution in [0.15, 0.2) is 66.7 Å². The van der Waals surface area contributed by atoms with E-state index in [2.05, 4.69) is 55.0 Å². The molecule has 10 nitrogen and oxygen atoms in total. The number of hydrogen-bond donors (Lipinski definition) is 2. The van der Waals surface area contributed by atoms with Crippen molar-refractivity contribution < 1.29 is 18.3 Å². The van der Waals surface area contributed by atoms with Crippen molar-refractivity contribution in [3.63, 3.8) is 0 Å². The van der Waals surface area contributed by atoms with E-state index >= 15 is 0 Å². The summed E-state index contributed by atoms with van der Waals surface area (Å²) >= 11 is 12.7. The predicted octanol–water partition coefficient (Wildman–Crippen LogP) is 7.11. The van der Waals surface area contributed by atoms with Crippen molar-refractivity contribution in [2.45, 2.75) is 77.8 Å². The minimum Gasteiger partial charge on any atom is -0.465 e. The molecular weight excluding hydrogens is 755 g/mol. The van der Waals surface area contributed by atoms with Gasteiger partial charge in [-0.25, -0.2) is 13.2 Å². The third kappa shape index (κ3) is 8.31. The number of rotatable bonds is 10. The molecule has 2 fully saturated rings. The highest BCUT2D eigenvalue weighted by atomic mass is 35.5. The molecule has 0 saturated carbocycles. The number of aromatic nitrogens is 2. The van der Waals surface area contributed by atoms with E-state index in [1.165, 1.54) is 16.1 Å². The third-order valence-electron chi connectivity index (χ3n) is 11.6. The van der Waals surface area contributed by atoms with Gasteiger partial charge < -0.3 is 10.4 Å². The zero-order valence-corrected chi connectivity index (χ0v) is 34.1. The maximum absolute atomic E-state index is 12.7. The number of nitrogens with zero attached hydrogens (tertiary/aromatic N) is 5. The molecule has 1 aromatic heterocycles. The van der Waals surface area contributed by atoms with E-state index in [0.717, 1.165) is 77.7 Å². The second kappa shape index (κ2) is 15.6. The van der Waals surface area contributed by atoms with E-state index in [4.69, 9.17) is 28.3 Å². The molecule has 2 atom stereocenters. The van der Waals surface area contributed by atoms with Gasteiger partial charge in [-0.2, -0.15) is 9.40 Å². The van der Waals surface area contributed by atoms with Gasteiger partial charge in [-0.15, -0.1) is 0 Å². The van der Waals surface area contributed by atoms with Crippen molar-refractivity contribution in [3.05, 3.63) is 110 Å². The minimum absolute atomic E-state index is 0.181. The van der Waals surface area contributed by atoms with Crippen molar-refractivity contribution in [3.8, 4) is 23.1 Å². The summed E-state index contributed by atoms with van der Waals surface area (Å²) in [6.07, 6.45) is 2.66. The highest BCUT2D eigenvalue weighted by Gasteiger charge is 2.61. The molecular formula is C42H48Cl2N6O4S. The third-order valence-corrected chi connectivity index (χ3v) is 13.4. The lowest BCUT2D eigenvalue weighted by atomic mass is 9.73. The number of nitrogens with one attached hydrogen (secondary N) is 1. The van der Waals surface area contributed by atoms with Crippen LogP contribution in [0.5, 0.6) is 0 Å². The van der Waals surface area contributed by atoms with Gasteiger partial charge in [-0.3, -0.25) is 14.5 Å². The highest BCUT2D eigenvalue weighted by molar-refractivity contribution is 7.88. The first-order valence-corrected chi connectivity index (χ1v) is 21.4. The van der Waals surface area contributed by atoms with E-state index in [-0.39, 0.29) is 18.0 Å². The van der Waals surface area contributed by atoms with Crippen LogP contribution >= 0.6 is 23.2 Å². The summed E-state index contributed by atoms with van der Waals surface area (Å²) in [7, 11) is -3.40. The van der Waals surface area contributed by atoms with Crippen LogP contribution in [-0.4, -0.2) is 87.5 Å². The Labute approximate surface area is 334 Å². The van der Waals surface area contributed by atoms with Gasteiger partial charge in [0.25, 0.3) is 0 Å². The maximum Gasteiger partial charge on any atom is 0.407 e. The molecule has 2 saturated heterocycles. The molecule has 4 heterocycles. The average Bonchev–Trinajstić information content (AvgIpc) is 3.83. The van der Waals surface area contributed by atoms with E-state index in [9.17, 15) is 18.3 Å². The Morgan fingerprint density at radius 3 is 2.35 bits per heavy atom. The largest absolute Gasteiger partial charge is 0.465 e. The molecule has 3 aliphatic rings. The number of carbonyl (C=O) groups is 1. The number of carboxylic acid groups (broad SMARTS) is 1. The number of hydrogen-bond acceptors (Lipinski definition) is 6. The summed E-state index contributed by atoms with van der Waals surface area (Å²) in [5.74, 6) is 6.51. The van der Waals surface area contributed by atoms with Crippen LogP contribution < -0.4 is 5.32 Å². The summed E-state index contributed by atoms with van der Waals surface area (Å²) < 4.78 is 28.9. The van der Waals surface area contributed by atoms with Gasteiger partial charge in [0, 0.05) is 97.8 Å². The topological polar surface area (TPSA) is 111 Å². The molecule has 55 heavy (non-hydrogen) atoms. The Hall–Kier alpha value is -3.89. The van der Waals surface area contributed by atoms with Gasteiger partial charge in [0.15, 0.2) is 0 Å². The standard InChI is InChI=1S/C42H48Cl2N6O4S/c1-41(2,3)42-23-35(26-49(42)40(51)52)47(28-42)19-5-20-50-38-18-21-48(55(4,53)54)27-36(38)39(46-50)33-14-17-37(44)32(22-33)13-10-29-6-8-30(9-7-29)24-45-25-31-11-15-34(43)16-12-31/h6-9,11-12,14-17,22,35,45H,5,18-21,23-28H2,1-4H3,(H,51,52)/t35-,42+/m0/s1. The lowest BCUT2D eigenvalue weighted by Gasteiger charge is -2.48. The molecule has 0 radical (unpaired) electrons. The second-order valence-electron chi connectivity index (χ2n) is 16.1. The Bertz CT molecular complexity index is 2240. The Morgan fingerprint density at radius 2 is 1.69 bits per heavy atom. The summed E-state index contributed by atoms with van der Waals surface area (Å²) in [6, 6.07) is 21.8. The minimum atomic E-state index is -3.40. The number of aryl methyl sites for hydroxylation is 1. The number of likely N-dealkylation sites (tertiary alicyclic amines) is 2. The molecule has 290 valence electrons. The van der Waals surface area contributed by atoms with Crippen molar-refractivity contribution in [2.24, 2.45) is 5.41 Å². The lowest BCUT2D eigenvalue weighted by Crippen LogP contribution is -2.61. The molecule has 4 aromatic rings. The van der Waals surface area contributed by atoms with Crippen molar-refractivity contribution in [2.75, 3.05) is 32.4 Å². The van der Waals surface area contributed by atoms with E-state index < -0.39 is 21.7 Å². The van der Waals surface area contributed by atoms with Crippen LogP contribution in [0.25, 0.3) is 11.3 Å². The van der Waals surface area contributed by atoms with Gasteiger partial charge >= 0.3 is 6.09 Å². The van der Waals surface area contributed by atoms with Gasteiger partial charge in [0.05, 0.1) is 22.5 Å². The van der Waals surface area contributed by atoms with Crippen molar-refractivity contribution in [1.82, 2.24) is 29.2 Å². The number of fused-ring (bicyclic) bond motifs is 3. The Morgan fingerprint density at radius 1 is 1.00 bits per heavy atom. The van der Waals surface area contributed by atoms with Gasteiger partial charge in [0.2, 0.25) is 10.0 Å². The summed E-state index contributed by atoms with van der Waals surface area (Å²) in [5.41, 5.74) is 6.79. The van der Waals surface area contributed by atoms with Gasteiger partial charge in [-0.1, -0.05) is 86.1 Å². The first-order valence-electron chi connectivity index (χ1n) is 18.8. The first kappa shape index (κ1) is 39.3. The van der Waals surface area contributed by atoms with Crippen LogP contribution in [0.1, 0.15) is 67.1 Å². The molecule has 2 N–H and O–H groups in total. The molecule has 0 aliphatic carbocycles. The molecule has 7 rings (SSSR count). The zero-order chi connectivity index (χ0) is 39.1. The Balaban J connectivity index is 1.07. The molecule has 0 unspecified atom stereocenters. The number of piperazine rings is 1. The van der Waals surface area contributed by atoms with E-state index in [0.29, 0.717) is 36.6 Å². The number of benzene rings is 3. The molecule has 3 aromatic carbocycles. The first-order chi connectivity index (χ1) is 26.1. The summed E-state index contributed by atoms with van der Waals surface area (Å²) in [4.78, 5) is 16.3. The Kier molecular flexibility index (Phi) is 11.1. The maximum atomic E-state index is 12.7. The average molecular weight is 804 g/mol. The molecule has 2 bridgehead atoms. The predicted molar refractivity (Wildman–Crippen MR) is 218 cm³/mol. The van der Waals surface area contributed by atoms with Gasteiger partial charge in [0.1, 0.15) is 0 Å². The second-order valence-corrected chi connectivity index (χ2v) is 18.9. The number of halogens is 2. The van der Waals surface area contributed by atoms with Crippen LogP contribution in [0.3, 0.4) is 0 Å². The SMILES string of the molecule is CC(C)(C)[C@]12C[C@@H](CN1C(=O)O)N(CCCn1nc(-c3ccc(Cl)c(C#Cc4ccc(CNCc5ccc(Cl)cc5)cc4)c3)c3c1CCN(S(C)(=O)=O)C3)C2. The lowest BCUT2D eigenvalue weighted by molar-refractivity contribution is 0.00234. The van der Waals surface area contributed by atoms with Crippen LogP contribution in [0.4, 0.5) is 4.79 Å². The number of sulfonamides is 1. The smallest absolute Gasteiger partial charge is 0.407 e. The number of amides is 1. The van der Waals surface area contributed by atoms with Crippen molar-refractivity contribution in [1.29, 1.82) is 0 Å². The van der Waals surface area contributed by atoms with Crippen molar-refractivity contribution >= 4 is 39.3 Å². The van der Waals surface area contributed by atoms with E-state index in [1.807, 2.05) is 59.3 Å². The molecule has 0 spiro atoms.